The molecule has 26 heavy (non-hydrogen) atoms. The first kappa shape index (κ1) is 22.8. The second-order valence-electron chi connectivity index (χ2n) is 6.11. The van der Waals surface area contributed by atoms with Gasteiger partial charge >= 0.3 is 0 Å². The maximum absolute atomic E-state index is 13.0. The Hall–Kier alpha value is -1.26. The molecule has 1 unspecified atom stereocenters. The van der Waals surface area contributed by atoms with Crippen molar-refractivity contribution >= 4 is 38.3 Å². The first-order valence-electron chi connectivity index (χ1n) is 8.67. The van der Waals surface area contributed by atoms with Crippen LogP contribution in [0.25, 0.3) is 0 Å². The van der Waals surface area contributed by atoms with E-state index in [1.54, 1.807) is 0 Å². The zero-order valence-corrected chi connectivity index (χ0v) is 17.9. The number of aryl methyl sites for hydroxylation is 2. The van der Waals surface area contributed by atoms with Crippen LogP contribution in [0, 0.1) is 27.7 Å². The van der Waals surface area contributed by atoms with Crippen LogP contribution >= 0.6 is 8.58 Å². The van der Waals surface area contributed by atoms with Gasteiger partial charge in [-0.15, -0.1) is 0 Å². The Morgan fingerprint density at radius 2 is 1.58 bits per heavy atom. The summed E-state index contributed by atoms with van der Waals surface area (Å²) < 4.78 is 11.3. The largest absolute Gasteiger partial charge is 0.494 e. The van der Waals surface area contributed by atoms with Gasteiger partial charge in [0.05, 0.1) is 13.2 Å². The van der Waals surface area contributed by atoms with Gasteiger partial charge in [-0.3, -0.25) is 4.79 Å². The van der Waals surface area contributed by atoms with Crippen molar-refractivity contribution < 1.29 is 14.3 Å². The van der Waals surface area contributed by atoms with E-state index in [1.807, 2.05) is 45.9 Å². The second-order valence-corrected chi connectivity index (χ2v) is 7.36. The van der Waals surface area contributed by atoms with Crippen molar-refractivity contribution in [3.8, 4) is 11.5 Å². The Labute approximate surface area is 170 Å². The van der Waals surface area contributed by atoms with E-state index in [0.29, 0.717) is 13.2 Å². The third-order valence-electron chi connectivity index (χ3n) is 4.40. The summed E-state index contributed by atoms with van der Waals surface area (Å²) in [4.78, 5) is 13.0. The van der Waals surface area contributed by atoms with Crippen molar-refractivity contribution in [1.82, 2.24) is 0 Å². The van der Waals surface area contributed by atoms with E-state index in [2.05, 4.69) is 19.9 Å². The summed E-state index contributed by atoms with van der Waals surface area (Å²) in [6.07, 6.45) is 0. The van der Waals surface area contributed by atoms with E-state index in [0.717, 1.165) is 33.5 Å². The van der Waals surface area contributed by atoms with E-state index in [4.69, 9.17) is 9.47 Å². The van der Waals surface area contributed by atoms with Crippen LogP contribution in [-0.2, 0) is 0 Å². The molecular formula is C21H27LiO3P. The molecule has 2 aromatic rings. The Balaban J connectivity index is 0.00000338. The van der Waals surface area contributed by atoms with Gasteiger partial charge in [-0.25, -0.2) is 0 Å². The number of benzene rings is 2. The molecule has 0 N–H and O–H groups in total. The van der Waals surface area contributed by atoms with Crippen LogP contribution in [0.3, 0.4) is 0 Å². The third kappa shape index (κ3) is 5.14. The first-order chi connectivity index (χ1) is 11.9. The fourth-order valence-corrected chi connectivity index (χ4v) is 4.14. The van der Waals surface area contributed by atoms with Crippen LogP contribution < -0.4 is 14.8 Å². The van der Waals surface area contributed by atoms with E-state index in [1.165, 1.54) is 11.1 Å². The molecule has 0 aliphatic carbocycles. The van der Waals surface area contributed by atoms with Crippen molar-refractivity contribution in [1.29, 1.82) is 0 Å². The molecule has 1 radical (unpaired) electrons. The van der Waals surface area contributed by atoms with E-state index in [9.17, 15) is 4.79 Å². The van der Waals surface area contributed by atoms with Gasteiger partial charge in [0, 0.05) is 35.8 Å². The topological polar surface area (TPSA) is 35.5 Å². The van der Waals surface area contributed by atoms with Crippen molar-refractivity contribution in [2.45, 2.75) is 41.5 Å². The monoisotopic (exact) mass is 365 g/mol. The third-order valence-corrected chi connectivity index (χ3v) is 5.56. The van der Waals surface area contributed by atoms with Crippen LogP contribution in [0.15, 0.2) is 24.3 Å². The Bertz CT molecular complexity index is 787. The summed E-state index contributed by atoms with van der Waals surface area (Å²) in [7, 11) is 0.0293. The molecule has 0 spiro atoms. The number of ether oxygens (including phenoxy) is 2. The van der Waals surface area contributed by atoms with Gasteiger partial charge in [0.2, 0.25) is 0 Å². The van der Waals surface area contributed by atoms with Crippen LogP contribution in [-0.4, -0.2) is 37.6 Å². The maximum Gasteiger partial charge on any atom is 0.186 e. The van der Waals surface area contributed by atoms with Crippen molar-refractivity contribution in [2.75, 3.05) is 13.2 Å². The van der Waals surface area contributed by atoms with Crippen LogP contribution in [0.4, 0.5) is 0 Å². The van der Waals surface area contributed by atoms with E-state index >= 15 is 0 Å². The van der Waals surface area contributed by atoms with Gasteiger partial charge in [-0.05, 0) is 84.5 Å². The van der Waals surface area contributed by atoms with Gasteiger partial charge in [0.1, 0.15) is 11.5 Å². The molecule has 3 nitrogen and oxygen atoms in total. The zero-order chi connectivity index (χ0) is 18.6. The van der Waals surface area contributed by atoms with Crippen molar-refractivity contribution in [3.63, 3.8) is 0 Å². The number of hydrogen-bond donors (Lipinski definition) is 0. The molecule has 0 bridgehead atoms. The SMILES string of the molecule is CCOc1ccc(PC(=O)c2c(C)cc(C)c(C)c2C)c(OCC)c1.[Li]. The van der Waals surface area contributed by atoms with Crippen molar-refractivity contribution in [3.05, 3.63) is 52.1 Å². The molecule has 0 amide bonds. The zero-order valence-electron chi connectivity index (χ0n) is 16.9. The minimum Gasteiger partial charge on any atom is -0.494 e. The maximum atomic E-state index is 13.0. The summed E-state index contributed by atoms with van der Waals surface area (Å²) >= 11 is 0. The normalized spacial score (nSPS) is 10.7. The van der Waals surface area contributed by atoms with Gasteiger partial charge in [0.15, 0.2) is 5.52 Å². The van der Waals surface area contributed by atoms with E-state index in [-0.39, 0.29) is 33.0 Å². The molecule has 0 heterocycles. The number of hydrogen-bond acceptors (Lipinski definition) is 3. The fourth-order valence-electron chi connectivity index (χ4n) is 2.96. The molecule has 0 aromatic heterocycles. The molecule has 1 atom stereocenters. The average Bonchev–Trinajstić information content (AvgIpc) is 2.55. The summed E-state index contributed by atoms with van der Waals surface area (Å²) in [6, 6.07) is 7.82. The summed E-state index contributed by atoms with van der Waals surface area (Å²) in [5.41, 5.74) is 5.54. The molecule has 135 valence electrons. The van der Waals surface area contributed by atoms with Crippen LogP contribution in [0.5, 0.6) is 11.5 Å². The molecule has 0 fully saturated rings. The Morgan fingerprint density at radius 1 is 0.923 bits per heavy atom. The fraction of sp³-hybridized carbons (Fsp3) is 0.381. The van der Waals surface area contributed by atoms with Crippen LogP contribution in [0.1, 0.15) is 46.5 Å². The minimum atomic E-state index is 0. The van der Waals surface area contributed by atoms with Crippen molar-refractivity contribution in [2.24, 2.45) is 0 Å². The van der Waals surface area contributed by atoms with Gasteiger partial charge in [0.25, 0.3) is 0 Å². The van der Waals surface area contributed by atoms with Crippen LogP contribution in [0.2, 0.25) is 0 Å². The molecule has 2 aromatic carbocycles. The van der Waals surface area contributed by atoms with Gasteiger partial charge < -0.3 is 9.47 Å². The van der Waals surface area contributed by atoms with Gasteiger partial charge in [-0.2, -0.15) is 0 Å². The molecule has 2 rings (SSSR count). The molecular weight excluding hydrogens is 338 g/mol. The van der Waals surface area contributed by atoms with E-state index < -0.39 is 0 Å². The molecule has 0 aliphatic rings. The Morgan fingerprint density at radius 3 is 2.19 bits per heavy atom. The van der Waals surface area contributed by atoms with Gasteiger partial charge in [-0.1, -0.05) is 6.07 Å². The average molecular weight is 365 g/mol. The molecule has 0 saturated heterocycles. The summed E-state index contributed by atoms with van der Waals surface area (Å²) in [6.45, 7) is 13.3. The summed E-state index contributed by atoms with van der Waals surface area (Å²) in [5.74, 6) is 1.50. The number of rotatable bonds is 7. The quantitative estimate of drug-likeness (QED) is 0.536. The molecule has 5 heteroatoms. The second kappa shape index (κ2) is 10.2. The first-order valence-corrected chi connectivity index (χ1v) is 9.67. The summed E-state index contributed by atoms with van der Waals surface area (Å²) in [5, 5.41) is 0.923. The smallest absolute Gasteiger partial charge is 0.186 e. The minimum absolute atomic E-state index is 0. The number of carbonyl (C=O) groups is 1. The standard InChI is InChI=1S/C21H27O3P.Li/c1-7-23-17-9-10-19(18(12-17)24-8-2)25-21(22)20-14(4)11-13(3)15(5)16(20)6;/h9-12,25H,7-8H2,1-6H3;. The Kier molecular flexibility index (Phi) is 8.91. The molecule has 0 aliphatic heterocycles. The number of carbonyl (C=O) groups excluding carboxylic acids is 1. The molecule has 0 saturated carbocycles. The predicted molar refractivity (Wildman–Crippen MR) is 112 cm³/mol. The predicted octanol–water partition coefficient (Wildman–Crippen LogP) is 4.48.